The molecule has 5 heteroatoms. The number of ether oxygens (including phenoxy) is 1. The third kappa shape index (κ3) is 5.96. The van der Waals surface area contributed by atoms with E-state index in [-0.39, 0.29) is 12.2 Å². The highest BCUT2D eigenvalue weighted by Crippen LogP contribution is 2.09. The van der Waals surface area contributed by atoms with Gasteiger partial charge in [-0.05, 0) is 18.1 Å². The van der Waals surface area contributed by atoms with Gasteiger partial charge in [-0.1, -0.05) is 60.7 Å². The van der Waals surface area contributed by atoms with Crippen molar-refractivity contribution < 1.29 is 9.53 Å². The second-order valence-electron chi connectivity index (χ2n) is 5.11. The van der Waals surface area contributed by atoms with E-state index in [1.807, 2.05) is 66.7 Å². The molecule has 0 radical (unpaired) electrons. The summed E-state index contributed by atoms with van der Waals surface area (Å²) in [4.78, 5) is 11.8. The molecule has 0 aromatic heterocycles. The minimum absolute atomic E-state index is 0.0945. The molecular weight excluding hydrogens is 314 g/mol. The van der Waals surface area contributed by atoms with Crippen LogP contribution in [0.5, 0.6) is 0 Å². The first-order chi connectivity index (χ1) is 12.2. The van der Waals surface area contributed by atoms with Gasteiger partial charge in [-0.3, -0.25) is 5.01 Å². The zero-order chi connectivity index (χ0) is 17.9. The predicted molar refractivity (Wildman–Crippen MR) is 96.4 cm³/mol. The van der Waals surface area contributed by atoms with E-state index in [1.54, 1.807) is 18.1 Å². The molecule has 0 saturated carbocycles. The maximum Gasteiger partial charge on any atom is 0.350 e. The molecule has 0 aliphatic heterocycles. The molecule has 0 spiro atoms. The van der Waals surface area contributed by atoms with Crippen molar-refractivity contribution in [2.24, 2.45) is 5.10 Å². The van der Waals surface area contributed by atoms with Crippen LogP contribution in [0.15, 0.2) is 77.5 Å². The van der Waals surface area contributed by atoms with Gasteiger partial charge in [-0.2, -0.15) is 10.4 Å². The third-order valence-electron chi connectivity index (χ3n) is 3.24. The van der Waals surface area contributed by atoms with E-state index in [0.29, 0.717) is 6.54 Å². The average molecular weight is 333 g/mol. The highest BCUT2D eigenvalue weighted by atomic mass is 16.5. The summed E-state index contributed by atoms with van der Waals surface area (Å²) in [6.07, 6.45) is 3.09. The van der Waals surface area contributed by atoms with Gasteiger partial charge in [-0.25, -0.2) is 4.79 Å². The summed E-state index contributed by atoms with van der Waals surface area (Å²) in [7, 11) is 0. The molecule has 0 amide bonds. The summed E-state index contributed by atoms with van der Waals surface area (Å²) in [5.74, 6) is -0.655. The lowest BCUT2D eigenvalue weighted by atomic mass is 10.2. The van der Waals surface area contributed by atoms with Crippen molar-refractivity contribution in [1.82, 2.24) is 5.01 Å². The van der Waals surface area contributed by atoms with E-state index in [4.69, 9.17) is 4.74 Å². The van der Waals surface area contributed by atoms with Crippen LogP contribution >= 0.6 is 0 Å². The molecule has 2 rings (SSSR count). The molecule has 0 heterocycles. The molecular formula is C20H19N3O2. The minimum atomic E-state index is -0.655. The number of hydrogen-bond donors (Lipinski definition) is 0. The highest BCUT2D eigenvalue weighted by molar-refractivity contribution is 5.92. The van der Waals surface area contributed by atoms with Crippen LogP contribution in [0.2, 0.25) is 0 Å². The summed E-state index contributed by atoms with van der Waals surface area (Å²) in [6.45, 7) is 2.33. The number of nitriles is 1. The Morgan fingerprint density at radius 1 is 1.16 bits per heavy atom. The van der Waals surface area contributed by atoms with Gasteiger partial charge in [0.1, 0.15) is 6.07 Å². The van der Waals surface area contributed by atoms with Gasteiger partial charge >= 0.3 is 5.97 Å². The van der Waals surface area contributed by atoms with Crippen molar-refractivity contribution >= 4 is 12.2 Å². The second kappa shape index (κ2) is 9.68. The fraction of sp³-hybridized carbons (Fsp3) is 0.150. The Hall–Kier alpha value is -3.39. The Morgan fingerprint density at radius 3 is 2.40 bits per heavy atom. The van der Waals surface area contributed by atoms with E-state index in [9.17, 15) is 10.1 Å². The van der Waals surface area contributed by atoms with Crippen molar-refractivity contribution in [3.63, 3.8) is 0 Å². The van der Waals surface area contributed by atoms with Gasteiger partial charge in [0.05, 0.1) is 19.4 Å². The quantitative estimate of drug-likeness (QED) is 0.256. The van der Waals surface area contributed by atoms with Crippen LogP contribution in [-0.2, 0) is 16.1 Å². The van der Waals surface area contributed by atoms with E-state index in [2.05, 4.69) is 5.10 Å². The summed E-state index contributed by atoms with van der Waals surface area (Å²) < 4.78 is 4.90. The molecule has 0 N–H and O–H groups in total. The molecule has 0 aliphatic rings. The lowest BCUT2D eigenvalue weighted by Crippen LogP contribution is -2.15. The normalized spacial score (nSPS) is 11.1. The number of nitrogens with zero attached hydrogens (tertiary/aromatic N) is 3. The Bertz CT molecular complexity index is 778. The molecule has 2 aromatic rings. The number of hydrogen-bond acceptors (Lipinski definition) is 5. The smallest absolute Gasteiger partial charge is 0.350 e. The van der Waals surface area contributed by atoms with Gasteiger partial charge in [0.2, 0.25) is 0 Å². The molecule has 0 bridgehead atoms. The number of esters is 1. The van der Waals surface area contributed by atoms with Crippen molar-refractivity contribution in [2.45, 2.75) is 13.5 Å². The fourth-order valence-corrected chi connectivity index (χ4v) is 2.06. The summed E-state index contributed by atoms with van der Waals surface area (Å²) in [5, 5.41) is 15.2. The van der Waals surface area contributed by atoms with Gasteiger partial charge in [0, 0.05) is 6.20 Å². The zero-order valence-corrected chi connectivity index (χ0v) is 14.0. The summed E-state index contributed by atoms with van der Waals surface area (Å²) in [6, 6.07) is 21.2. The van der Waals surface area contributed by atoms with Crippen molar-refractivity contribution in [1.29, 1.82) is 5.26 Å². The maximum atomic E-state index is 11.8. The average Bonchev–Trinajstić information content (AvgIpc) is 2.65. The molecule has 2 aromatic carbocycles. The topological polar surface area (TPSA) is 65.7 Å². The van der Waals surface area contributed by atoms with Crippen LogP contribution in [0.3, 0.4) is 0 Å². The molecule has 126 valence electrons. The van der Waals surface area contributed by atoms with Crippen LogP contribution in [0.1, 0.15) is 18.1 Å². The second-order valence-corrected chi connectivity index (χ2v) is 5.11. The Morgan fingerprint density at radius 2 is 1.80 bits per heavy atom. The largest absolute Gasteiger partial charge is 0.462 e. The maximum absolute atomic E-state index is 11.8. The fourth-order valence-electron chi connectivity index (χ4n) is 2.06. The number of benzene rings is 2. The number of hydrazone groups is 1. The number of rotatable bonds is 7. The molecule has 0 fully saturated rings. The van der Waals surface area contributed by atoms with Crippen LogP contribution in [0.25, 0.3) is 0 Å². The molecule has 0 atom stereocenters. The van der Waals surface area contributed by atoms with Crippen LogP contribution < -0.4 is 0 Å². The molecule has 5 nitrogen and oxygen atoms in total. The van der Waals surface area contributed by atoms with Crippen molar-refractivity contribution in [3.8, 4) is 6.07 Å². The van der Waals surface area contributed by atoms with Gasteiger partial charge < -0.3 is 4.74 Å². The number of carbonyl (C=O) groups is 1. The molecule has 0 unspecified atom stereocenters. The molecule has 0 aliphatic carbocycles. The van der Waals surface area contributed by atoms with Crippen LogP contribution in [0, 0.1) is 11.3 Å². The summed E-state index contributed by atoms with van der Waals surface area (Å²) in [5.41, 5.74) is 1.83. The minimum Gasteiger partial charge on any atom is -0.462 e. The number of carbonyl (C=O) groups excluding carboxylic acids is 1. The predicted octanol–water partition coefficient (Wildman–Crippen LogP) is 3.49. The standard InChI is InChI=1S/C20H19N3O2/c1-2-25-20(24)19(13-21)16-23(15-18-11-7-4-8-12-18)22-14-17-9-5-3-6-10-17/h3-12,14,16H,2,15H2,1H3. The Labute approximate surface area is 147 Å². The monoisotopic (exact) mass is 333 g/mol. The van der Waals surface area contributed by atoms with E-state index in [0.717, 1.165) is 11.1 Å². The Balaban J connectivity index is 2.26. The highest BCUT2D eigenvalue weighted by Gasteiger charge is 2.12. The van der Waals surface area contributed by atoms with E-state index < -0.39 is 5.97 Å². The van der Waals surface area contributed by atoms with Crippen molar-refractivity contribution in [2.75, 3.05) is 6.61 Å². The van der Waals surface area contributed by atoms with Crippen LogP contribution in [-0.4, -0.2) is 23.8 Å². The zero-order valence-electron chi connectivity index (χ0n) is 14.0. The first-order valence-corrected chi connectivity index (χ1v) is 7.91. The van der Waals surface area contributed by atoms with Gasteiger partial charge in [0.15, 0.2) is 5.57 Å². The third-order valence-corrected chi connectivity index (χ3v) is 3.24. The van der Waals surface area contributed by atoms with E-state index >= 15 is 0 Å². The van der Waals surface area contributed by atoms with E-state index in [1.165, 1.54) is 6.20 Å². The lowest BCUT2D eigenvalue weighted by molar-refractivity contribution is -0.138. The molecule has 25 heavy (non-hydrogen) atoms. The lowest BCUT2D eigenvalue weighted by Gasteiger charge is -2.15. The Kier molecular flexibility index (Phi) is 6.95. The van der Waals surface area contributed by atoms with Gasteiger partial charge in [0.25, 0.3) is 0 Å². The SMILES string of the molecule is CCOC(=O)C(C#N)=CN(Cc1ccccc1)N=Cc1ccccc1. The van der Waals surface area contributed by atoms with Crippen molar-refractivity contribution in [3.05, 3.63) is 83.6 Å². The molecule has 0 saturated heterocycles. The first kappa shape index (κ1) is 18.0. The summed E-state index contributed by atoms with van der Waals surface area (Å²) >= 11 is 0. The first-order valence-electron chi connectivity index (χ1n) is 7.91. The van der Waals surface area contributed by atoms with Crippen LogP contribution in [0.4, 0.5) is 0 Å². The van der Waals surface area contributed by atoms with Gasteiger partial charge in [-0.15, -0.1) is 0 Å².